The van der Waals surface area contributed by atoms with Gasteiger partial charge in [0.1, 0.15) is 5.69 Å². The second kappa shape index (κ2) is 7.79. The number of hydrogen-bond donors (Lipinski definition) is 2. The molecule has 30 heavy (non-hydrogen) atoms. The zero-order valence-corrected chi connectivity index (χ0v) is 17.1. The van der Waals surface area contributed by atoms with Crippen LogP contribution in [-0.4, -0.2) is 41.6 Å². The minimum atomic E-state index is -1.59. The van der Waals surface area contributed by atoms with Gasteiger partial charge in [0.25, 0.3) is 0 Å². The van der Waals surface area contributed by atoms with Crippen molar-refractivity contribution in [2.75, 3.05) is 24.6 Å². The highest BCUT2D eigenvalue weighted by Gasteiger charge is 2.34. The van der Waals surface area contributed by atoms with Gasteiger partial charge in [0.15, 0.2) is 17.3 Å². The number of nitrogens with two attached hydrogens (primary N) is 1. The van der Waals surface area contributed by atoms with Crippen LogP contribution in [0.5, 0.6) is 11.5 Å². The van der Waals surface area contributed by atoms with Crippen LogP contribution in [0.3, 0.4) is 0 Å². The first kappa shape index (κ1) is 20.5. The molecule has 162 valence electrons. The number of aromatic nitrogens is 1. The van der Waals surface area contributed by atoms with Gasteiger partial charge in [0.2, 0.25) is 5.43 Å². The Hall–Kier alpha value is -2.81. The van der Waals surface area contributed by atoms with Gasteiger partial charge in [-0.1, -0.05) is 0 Å². The van der Waals surface area contributed by atoms with Crippen LogP contribution >= 0.6 is 0 Å². The van der Waals surface area contributed by atoms with E-state index in [1.807, 2.05) is 11.8 Å². The normalized spacial score (nSPS) is 19.9. The predicted molar refractivity (Wildman–Crippen MR) is 110 cm³/mol. The minimum absolute atomic E-state index is 0.00516. The number of carbonyl (C=O) groups is 1. The summed E-state index contributed by atoms with van der Waals surface area (Å²) in [6.45, 7) is 5.29. The first-order chi connectivity index (χ1) is 14.3. The van der Waals surface area contributed by atoms with Crippen LogP contribution < -0.4 is 25.5 Å². The summed E-state index contributed by atoms with van der Waals surface area (Å²) in [7, 11) is 0. The van der Waals surface area contributed by atoms with Gasteiger partial charge < -0.3 is 29.8 Å². The maximum atomic E-state index is 15.3. The molecule has 8 nitrogen and oxygen atoms in total. The van der Waals surface area contributed by atoms with Crippen molar-refractivity contribution in [3.63, 3.8) is 0 Å². The Morgan fingerprint density at radius 3 is 2.70 bits per heavy atom. The van der Waals surface area contributed by atoms with E-state index in [0.29, 0.717) is 36.6 Å². The van der Waals surface area contributed by atoms with E-state index in [1.165, 1.54) is 12.3 Å². The molecule has 2 heterocycles. The molecule has 4 rings (SSSR count). The van der Waals surface area contributed by atoms with Crippen LogP contribution in [0.4, 0.5) is 14.9 Å². The van der Waals surface area contributed by atoms with E-state index >= 15 is 4.39 Å². The Morgan fingerprint density at radius 1 is 1.40 bits per heavy atom. The molecule has 0 radical (unpaired) electrons. The van der Waals surface area contributed by atoms with E-state index in [2.05, 4.69) is 4.74 Å². The Balaban J connectivity index is 1.95. The summed E-state index contributed by atoms with van der Waals surface area (Å²) in [4.78, 5) is 25.8. The number of pyridine rings is 1. The molecular formula is C21H26FN3O5. The van der Waals surface area contributed by atoms with Crippen molar-refractivity contribution in [3.05, 3.63) is 28.3 Å². The molecule has 1 aliphatic heterocycles. The Morgan fingerprint density at radius 2 is 2.13 bits per heavy atom. The molecule has 3 N–H and O–H groups in total. The summed E-state index contributed by atoms with van der Waals surface area (Å²) < 4.78 is 27.7. The number of halogens is 1. The number of hydrogen-bond acceptors (Lipinski definition) is 6. The van der Waals surface area contributed by atoms with E-state index < -0.39 is 17.4 Å². The largest absolute Gasteiger partial charge is 0.511 e. The van der Waals surface area contributed by atoms with Gasteiger partial charge in [-0.05, 0) is 45.1 Å². The number of benzene rings is 1. The molecule has 1 aromatic carbocycles. The first-order valence-electron chi connectivity index (χ1n) is 10.3. The number of nitrogens with zero attached hydrogens (tertiary/aromatic N) is 2. The summed E-state index contributed by atoms with van der Waals surface area (Å²) in [5.41, 5.74) is 6.18. The second-order valence-electron chi connectivity index (χ2n) is 8.05. The van der Waals surface area contributed by atoms with Crippen molar-refractivity contribution in [2.24, 2.45) is 11.7 Å². The highest BCUT2D eigenvalue weighted by Crippen LogP contribution is 2.45. The molecule has 1 aromatic heterocycles. The third-order valence-electron chi connectivity index (χ3n) is 5.88. The third kappa shape index (κ3) is 3.58. The maximum Gasteiger partial charge on any atom is 0.511 e. The summed E-state index contributed by atoms with van der Waals surface area (Å²) in [6.07, 6.45) is 2.41. The number of ether oxygens (including phenoxy) is 2. The fraction of sp³-hybridized carbons (Fsp3) is 0.524. The molecular weight excluding hydrogens is 393 g/mol. The van der Waals surface area contributed by atoms with Gasteiger partial charge >= 0.3 is 6.16 Å². The van der Waals surface area contributed by atoms with Crippen molar-refractivity contribution < 1.29 is 23.8 Å². The monoisotopic (exact) mass is 419 g/mol. The quantitative estimate of drug-likeness (QED) is 0.693. The molecule has 0 amide bonds. The van der Waals surface area contributed by atoms with E-state index in [9.17, 15) is 9.59 Å². The molecule has 1 unspecified atom stereocenters. The van der Waals surface area contributed by atoms with Crippen LogP contribution in [0.15, 0.2) is 17.1 Å². The van der Waals surface area contributed by atoms with Crippen molar-refractivity contribution in [3.8, 4) is 11.5 Å². The SMILES string of the molecule is CCOc1c(N2CC[C@H](C(C)N)C2)c(F)cc2c(=O)c(OC(=O)O)cn(C3CC3)c12. The maximum absolute atomic E-state index is 15.3. The fourth-order valence-corrected chi connectivity index (χ4v) is 4.22. The van der Waals surface area contributed by atoms with E-state index in [1.54, 1.807) is 11.5 Å². The molecule has 0 spiro atoms. The topological polar surface area (TPSA) is 107 Å². The molecule has 2 aromatic rings. The molecule has 2 fully saturated rings. The Labute approximate surface area is 173 Å². The minimum Gasteiger partial charge on any atom is -0.489 e. The number of fused-ring (bicyclic) bond motifs is 1. The zero-order chi connectivity index (χ0) is 21.6. The van der Waals surface area contributed by atoms with Crippen LogP contribution in [0, 0.1) is 11.7 Å². The van der Waals surface area contributed by atoms with Crippen LogP contribution in [0.1, 0.15) is 39.2 Å². The number of carboxylic acid groups (broad SMARTS) is 1. The van der Waals surface area contributed by atoms with Gasteiger partial charge in [-0.2, -0.15) is 0 Å². The molecule has 0 bridgehead atoms. The third-order valence-corrected chi connectivity index (χ3v) is 5.88. The molecule has 2 aliphatic rings. The molecule has 1 saturated heterocycles. The summed E-state index contributed by atoms with van der Waals surface area (Å²) >= 11 is 0. The van der Waals surface area contributed by atoms with Gasteiger partial charge in [-0.25, -0.2) is 9.18 Å². The predicted octanol–water partition coefficient (Wildman–Crippen LogP) is 3.10. The Bertz CT molecular complexity index is 1050. The van der Waals surface area contributed by atoms with Crippen molar-refractivity contribution in [1.29, 1.82) is 0 Å². The molecule has 1 aliphatic carbocycles. The van der Waals surface area contributed by atoms with Gasteiger partial charge in [-0.15, -0.1) is 0 Å². The van der Waals surface area contributed by atoms with E-state index in [-0.39, 0.29) is 29.1 Å². The smallest absolute Gasteiger partial charge is 0.489 e. The van der Waals surface area contributed by atoms with Crippen molar-refractivity contribution in [2.45, 2.75) is 45.2 Å². The second-order valence-corrected chi connectivity index (χ2v) is 8.05. The average Bonchev–Trinajstić information content (AvgIpc) is 3.40. The fourth-order valence-electron chi connectivity index (χ4n) is 4.22. The lowest BCUT2D eigenvalue weighted by Gasteiger charge is -2.25. The Kier molecular flexibility index (Phi) is 5.31. The van der Waals surface area contributed by atoms with Gasteiger partial charge in [0, 0.05) is 25.2 Å². The standard InChI is InChI=1S/C21H26FN3O5/c1-3-29-20-17-14(8-15(22)18(20)24-7-6-12(9-24)11(2)23)19(26)16(30-21(27)28)10-25(17)13-4-5-13/h8,10-13H,3-7,9,23H2,1-2H3,(H,27,28)/t11?,12-/m0/s1. The van der Waals surface area contributed by atoms with Crippen molar-refractivity contribution >= 4 is 22.7 Å². The highest BCUT2D eigenvalue weighted by atomic mass is 19.1. The molecule has 2 atom stereocenters. The van der Waals surface area contributed by atoms with Crippen LogP contribution in [0.2, 0.25) is 0 Å². The highest BCUT2D eigenvalue weighted by molar-refractivity contribution is 5.92. The van der Waals surface area contributed by atoms with Crippen molar-refractivity contribution in [1.82, 2.24) is 4.57 Å². The molecule has 1 saturated carbocycles. The zero-order valence-electron chi connectivity index (χ0n) is 17.1. The molecule has 9 heteroatoms. The number of anilines is 1. The lowest BCUT2D eigenvalue weighted by atomic mass is 10.0. The lowest BCUT2D eigenvalue weighted by molar-refractivity contribution is 0.143. The lowest BCUT2D eigenvalue weighted by Crippen LogP contribution is -2.30. The summed E-state index contributed by atoms with van der Waals surface area (Å²) in [6, 6.07) is 1.24. The average molecular weight is 419 g/mol. The first-order valence-corrected chi connectivity index (χ1v) is 10.3. The van der Waals surface area contributed by atoms with E-state index in [4.69, 9.17) is 15.6 Å². The van der Waals surface area contributed by atoms with Gasteiger partial charge in [0.05, 0.1) is 23.7 Å². The summed E-state index contributed by atoms with van der Waals surface area (Å²) in [5.74, 6) is -0.367. The van der Waals surface area contributed by atoms with Crippen LogP contribution in [-0.2, 0) is 0 Å². The van der Waals surface area contributed by atoms with Crippen LogP contribution in [0.25, 0.3) is 10.9 Å². The summed E-state index contributed by atoms with van der Waals surface area (Å²) in [5, 5.41) is 9.02. The van der Waals surface area contributed by atoms with Gasteiger partial charge in [-0.3, -0.25) is 4.79 Å². The number of rotatable bonds is 6. The van der Waals surface area contributed by atoms with E-state index in [0.717, 1.165) is 19.3 Å².